The number of anilines is 1. The molecule has 0 saturated carbocycles. The van der Waals surface area contributed by atoms with E-state index in [2.05, 4.69) is 19.9 Å². The zero-order valence-electron chi connectivity index (χ0n) is 21.4. The lowest BCUT2D eigenvalue weighted by Crippen LogP contribution is -2.45. The zero-order chi connectivity index (χ0) is 26.8. The van der Waals surface area contributed by atoms with Gasteiger partial charge < -0.3 is 14.7 Å². The molecule has 196 valence electrons. The second kappa shape index (κ2) is 9.13. The highest BCUT2D eigenvalue weighted by Crippen LogP contribution is 2.43. The molecule has 4 aromatic rings. The molecule has 7 nitrogen and oxygen atoms in total. The van der Waals surface area contributed by atoms with E-state index >= 15 is 4.39 Å². The van der Waals surface area contributed by atoms with Gasteiger partial charge in [0, 0.05) is 23.8 Å². The molecule has 2 aromatic heterocycles. The molecule has 38 heavy (non-hydrogen) atoms. The summed E-state index contributed by atoms with van der Waals surface area (Å²) in [6.45, 7) is 5.33. The lowest BCUT2D eigenvalue weighted by atomic mass is 9.97. The molecular formula is C29H28ClFN4O3. The number of aliphatic hydroxyl groups is 1. The second-order valence-electron chi connectivity index (χ2n) is 11.2. The Morgan fingerprint density at radius 1 is 1.11 bits per heavy atom. The molecule has 0 aliphatic carbocycles. The lowest BCUT2D eigenvalue weighted by Gasteiger charge is -2.38. The van der Waals surface area contributed by atoms with E-state index in [9.17, 15) is 9.90 Å². The number of hydrogen-bond acceptors (Lipinski definition) is 7. The Kier molecular flexibility index (Phi) is 6.00. The van der Waals surface area contributed by atoms with E-state index in [1.807, 2.05) is 24.3 Å². The van der Waals surface area contributed by atoms with Crippen molar-refractivity contribution in [3.8, 4) is 17.0 Å². The van der Waals surface area contributed by atoms with Gasteiger partial charge in [0.25, 0.3) is 0 Å². The summed E-state index contributed by atoms with van der Waals surface area (Å²) in [5, 5.41) is 12.2. The molecule has 3 atom stereocenters. The summed E-state index contributed by atoms with van der Waals surface area (Å²) in [7, 11) is 0. The topological polar surface area (TPSA) is 88.4 Å². The fourth-order valence-electron chi connectivity index (χ4n) is 5.69. The monoisotopic (exact) mass is 534 g/mol. The number of aliphatic hydroxyl groups excluding tert-OH is 1. The van der Waals surface area contributed by atoms with Crippen molar-refractivity contribution in [2.75, 3.05) is 4.90 Å². The molecule has 1 N–H and O–H groups in total. The first kappa shape index (κ1) is 24.9. The van der Waals surface area contributed by atoms with Crippen LogP contribution in [0.5, 0.6) is 5.75 Å². The van der Waals surface area contributed by atoms with Crippen molar-refractivity contribution >= 4 is 45.1 Å². The van der Waals surface area contributed by atoms with Crippen molar-refractivity contribution in [2.45, 2.75) is 64.6 Å². The van der Waals surface area contributed by atoms with Gasteiger partial charge in [0.15, 0.2) is 5.82 Å². The number of benzene rings is 2. The first-order chi connectivity index (χ1) is 18.1. The number of piperidine rings is 1. The predicted octanol–water partition coefficient (Wildman–Crippen LogP) is 6.08. The van der Waals surface area contributed by atoms with Gasteiger partial charge in [-0.1, -0.05) is 24.3 Å². The number of halogens is 2. The first-order valence-corrected chi connectivity index (χ1v) is 13.2. The minimum absolute atomic E-state index is 0.0493. The van der Waals surface area contributed by atoms with Crippen LogP contribution in [0.1, 0.15) is 46.5 Å². The van der Waals surface area contributed by atoms with Crippen LogP contribution in [0.3, 0.4) is 0 Å². The Labute approximate surface area is 224 Å². The number of rotatable bonds is 3. The maximum absolute atomic E-state index is 16.3. The van der Waals surface area contributed by atoms with Crippen molar-refractivity contribution in [1.82, 2.24) is 15.0 Å². The van der Waals surface area contributed by atoms with Crippen molar-refractivity contribution < 1.29 is 19.0 Å². The number of ether oxygens (including phenoxy) is 1. The van der Waals surface area contributed by atoms with E-state index in [0.29, 0.717) is 35.4 Å². The molecule has 2 saturated heterocycles. The van der Waals surface area contributed by atoms with Crippen LogP contribution in [0.15, 0.2) is 42.6 Å². The molecule has 0 spiro atoms. The van der Waals surface area contributed by atoms with Gasteiger partial charge in [-0.2, -0.15) is 4.98 Å². The van der Waals surface area contributed by atoms with Gasteiger partial charge in [-0.3, -0.25) is 9.78 Å². The summed E-state index contributed by atoms with van der Waals surface area (Å²) >= 11 is 6.34. The van der Waals surface area contributed by atoms with Gasteiger partial charge in [-0.25, -0.2) is 9.37 Å². The number of hydrogen-bond donors (Lipinski definition) is 1. The van der Waals surface area contributed by atoms with E-state index < -0.39 is 17.2 Å². The third-order valence-electron chi connectivity index (χ3n) is 7.50. The van der Waals surface area contributed by atoms with Gasteiger partial charge in [0.05, 0.1) is 16.9 Å². The average molecular weight is 535 g/mol. The molecule has 6 rings (SSSR count). The molecule has 2 aromatic carbocycles. The number of pyridine rings is 1. The van der Waals surface area contributed by atoms with Crippen LogP contribution < -0.4 is 9.64 Å². The maximum atomic E-state index is 16.3. The highest BCUT2D eigenvalue weighted by atomic mass is 35.5. The van der Waals surface area contributed by atoms with Crippen LogP contribution in [-0.4, -0.2) is 44.2 Å². The van der Waals surface area contributed by atoms with Crippen molar-refractivity contribution in [3.05, 3.63) is 53.7 Å². The van der Waals surface area contributed by atoms with E-state index in [4.69, 9.17) is 16.3 Å². The van der Waals surface area contributed by atoms with E-state index in [1.54, 1.807) is 39.1 Å². The summed E-state index contributed by atoms with van der Waals surface area (Å²) in [6, 6.07) is 11.1. The summed E-state index contributed by atoms with van der Waals surface area (Å²) in [5.41, 5.74) is -0.0554. The lowest BCUT2D eigenvalue weighted by molar-refractivity contribution is -0.142. The van der Waals surface area contributed by atoms with Gasteiger partial charge in [-0.15, -0.1) is 0 Å². The summed E-state index contributed by atoms with van der Waals surface area (Å²) in [6.07, 6.45) is 4.39. The molecule has 2 fully saturated rings. The second-order valence-corrected chi connectivity index (χ2v) is 11.6. The summed E-state index contributed by atoms with van der Waals surface area (Å²) in [4.78, 5) is 28.1. The predicted molar refractivity (Wildman–Crippen MR) is 145 cm³/mol. The van der Waals surface area contributed by atoms with Crippen LogP contribution in [0.25, 0.3) is 32.9 Å². The van der Waals surface area contributed by atoms with Crippen LogP contribution >= 0.6 is 11.6 Å². The highest BCUT2D eigenvalue weighted by molar-refractivity contribution is 6.29. The normalized spacial score (nSPS) is 21.3. The summed E-state index contributed by atoms with van der Waals surface area (Å²) < 4.78 is 22.0. The van der Waals surface area contributed by atoms with E-state index in [0.717, 1.165) is 23.6 Å². The average Bonchev–Trinajstić information content (AvgIpc) is 3.13. The minimum Gasteiger partial charge on any atom is -0.426 e. The van der Waals surface area contributed by atoms with Gasteiger partial charge in [0.1, 0.15) is 22.8 Å². The fraction of sp³-hybridized carbons (Fsp3) is 0.379. The third kappa shape index (κ3) is 4.25. The first-order valence-electron chi connectivity index (χ1n) is 12.8. The van der Waals surface area contributed by atoms with Crippen molar-refractivity contribution in [1.29, 1.82) is 0 Å². The Morgan fingerprint density at radius 2 is 1.82 bits per heavy atom. The largest absolute Gasteiger partial charge is 0.426 e. The Morgan fingerprint density at radius 3 is 2.53 bits per heavy atom. The van der Waals surface area contributed by atoms with Gasteiger partial charge in [0.2, 0.25) is 5.28 Å². The molecular weight excluding hydrogens is 507 g/mol. The molecule has 2 aliphatic rings. The summed E-state index contributed by atoms with van der Waals surface area (Å²) in [5.74, 6) is -0.155. The number of carbonyl (C=O) groups excluding carboxylic acids is 1. The van der Waals surface area contributed by atoms with Crippen LogP contribution in [0.2, 0.25) is 5.28 Å². The Hall–Kier alpha value is -3.36. The molecule has 9 heteroatoms. The van der Waals surface area contributed by atoms with E-state index in [1.165, 1.54) is 0 Å². The number of fused-ring (bicyclic) bond motifs is 4. The standard InChI is InChI=1S/C29H28ClFN4O3/c1-29(2,3)27(37)38-19-10-15-6-4-5-7-20(15)21(13-19)24-23(31)25-22(14-32-24)26(34-28(30)33-25)35-16-8-9-17(35)12-18(36)11-16/h4-7,10,13-14,16-18,36H,8-9,11-12H2,1-3H3/t16-,17+,18?. The molecule has 2 bridgehead atoms. The number of carbonyl (C=O) groups is 1. The van der Waals surface area contributed by atoms with Crippen molar-refractivity contribution in [3.63, 3.8) is 0 Å². The Bertz CT molecular complexity index is 1570. The van der Waals surface area contributed by atoms with Gasteiger partial charge >= 0.3 is 5.97 Å². The molecule has 4 heterocycles. The minimum atomic E-state index is -0.702. The van der Waals surface area contributed by atoms with Gasteiger partial charge in [-0.05, 0) is 81.0 Å². The van der Waals surface area contributed by atoms with E-state index in [-0.39, 0.29) is 34.7 Å². The third-order valence-corrected chi connectivity index (χ3v) is 7.67. The van der Waals surface area contributed by atoms with Crippen molar-refractivity contribution in [2.24, 2.45) is 5.41 Å². The zero-order valence-corrected chi connectivity index (χ0v) is 22.2. The van der Waals surface area contributed by atoms with Crippen LogP contribution in [0, 0.1) is 11.2 Å². The molecule has 0 radical (unpaired) electrons. The van der Waals surface area contributed by atoms with Crippen LogP contribution in [-0.2, 0) is 4.79 Å². The number of nitrogens with zero attached hydrogens (tertiary/aromatic N) is 4. The fourth-order valence-corrected chi connectivity index (χ4v) is 5.86. The Balaban J connectivity index is 1.51. The molecule has 1 unspecified atom stereocenters. The smallest absolute Gasteiger partial charge is 0.316 e. The number of aromatic nitrogens is 3. The SMILES string of the molecule is CC(C)(C)C(=O)Oc1cc(-c2ncc3c(N4[C@@H]5CC[C@H]4CC(O)C5)nc(Cl)nc3c2F)c2ccccc2c1. The highest BCUT2D eigenvalue weighted by Gasteiger charge is 2.42. The maximum Gasteiger partial charge on any atom is 0.316 e. The van der Waals surface area contributed by atoms with Crippen LogP contribution in [0.4, 0.5) is 10.2 Å². The molecule has 2 aliphatic heterocycles. The molecule has 0 amide bonds. The number of esters is 1. The quantitative estimate of drug-likeness (QED) is 0.193.